The highest BCUT2D eigenvalue weighted by Gasteiger charge is 2.30. The Balaban J connectivity index is 2.01. The van der Waals surface area contributed by atoms with Gasteiger partial charge in [0.25, 0.3) is 0 Å². The third-order valence-electron chi connectivity index (χ3n) is 3.62. The van der Waals surface area contributed by atoms with E-state index in [1.54, 1.807) is 0 Å². The Morgan fingerprint density at radius 2 is 1.81 bits per heavy atom. The summed E-state index contributed by atoms with van der Waals surface area (Å²) >= 11 is 5.95. The van der Waals surface area contributed by atoms with Crippen molar-refractivity contribution < 1.29 is 4.79 Å². The average molecular weight is 299 g/mol. The van der Waals surface area contributed by atoms with Crippen molar-refractivity contribution in [1.29, 1.82) is 0 Å². The molecule has 1 atom stereocenters. The summed E-state index contributed by atoms with van der Waals surface area (Å²) < 4.78 is 0. The lowest BCUT2D eigenvalue weighted by molar-refractivity contribution is -0.128. The molecule has 0 spiro atoms. The number of amides is 1. The summed E-state index contributed by atoms with van der Waals surface area (Å²) in [5.41, 5.74) is 3.07. The molecule has 2 aromatic rings. The van der Waals surface area contributed by atoms with Crippen molar-refractivity contribution in [3.05, 3.63) is 70.7 Å². The maximum Gasteiger partial charge on any atom is 0.239 e. The summed E-state index contributed by atoms with van der Waals surface area (Å²) in [6, 6.07) is 17.7. The Kier molecular flexibility index (Phi) is 3.76. The number of hydrazone groups is 1. The van der Waals surface area contributed by atoms with Crippen LogP contribution in [0.5, 0.6) is 0 Å². The van der Waals surface area contributed by atoms with Gasteiger partial charge in [-0.3, -0.25) is 4.79 Å². The molecule has 0 unspecified atom stereocenters. The third-order valence-corrected chi connectivity index (χ3v) is 3.87. The van der Waals surface area contributed by atoms with Crippen molar-refractivity contribution in [3.8, 4) is 0 Å². The van der Waals surface area contributed by atoms with Crippen molar-refractivity contribution >= 4 is 23.2 Å². The second kappa shape index (κ2) is 5.70. The molecular weight excluding hydrogens is 284 g/mol. The minimum Gasteiger partial charge on any atom is -0.273 e. The van der Waals surface area contributed by atoms with E-state index < -0.39 is 0 Å². The third kappa shape index (κ3) is 2.83. The number of hydrogen-bond donors (Lipinski definition) is 0. The van der Waals surface area contributed by atoms with Gasteiger partial charge in [-0.1, -0.05) is 54.1 Å². The molecule has 0 N–H and O–H groups in total. The molecule has 106 valence electrons. The van der Waals surface area contributed by atoms with Crippen molar-refractivity contribution in [1.82, 2.24) is 5.01 Å². The summed E-state index contributed by atoms with van der Waals surface area (Å²) in [6.07, 6.45) is 0. The smallest absolute Gasteiger partial charge is 0.239 e. The summed E-state index contributed by atoms with van der Waals surface area (Å²) in [4.78, 5) is 11.7. The Hall–Kier alpha value is -2.13. The summed E-state index contributed by atoms with van der Waals surface area (Å²) in [7, 11) is 0. The van der Waals surface area contributed by atoms with Crippen LogP contribution < -0.4 is 0 Å². The lowest BCUT2D eigenvalue weighted by Gasteiger charge is -2.14. The van der Waals surface area contributed by atoms with E-state index >= 15 is 0 Å². The van der Waals surface area contributed by atoms with Crippen LogP contribution in [0.2, 0.25) is 5.02 Å². The maximum absolute atomic E-state index is 11.7. The van der Waals surface area contributed by atoms with Gasteiger partial charge in [0, 0.05) is 17.9 Å². The first-order chi connectivity index (χ1) is 10.1. The van der Waals surface area contributed by atoms with Gasteiger partial charge >= 0.3 is 0 Å². The Labute approximate surface area is 128 Å². The van der Waals surface area contributed by atoms with Crippen LogP contribution in [0.4, 0.5) is 0 Å². The first-order valence-corrected chi connectivity index (χ1v) is 7.20. The zero-order valence-electron chi connectivity index (χ0n) is 11.7. The molecule has 1 aliphatic heterocycles. The van der Waals surface area contributed by atoms with E-state index in [0.29, 0.717) is 11.6 Å². The van der Waals surface area contributed by atoms with E-state index in [1.807, 2.05) is 42.5 Å². The van der Waals surface area contributed by atoms with Crippen LogP contribution in [0, 0.1) is 0 Å². The van der Waals surface area contributed by atoms with E-state index in [9.17, 15) is 4.79 Å². The maximum atomic E-state index is 11.7. The van der Waals surface area contributed by atoms with E-state index in [0.717, 1.165) is 16.8 Å². The van der Waals surface area contributed by atoms with Gasteiger partial charge in [-0.2, -0.15) is 5.10 Å². The summed E-state index contributed by atoms with van der Waals surface area (Å²) in [5.74, 6) is 0.0520. The molecule has 1 amide bonds. The monoisotopic (exact) mass is 298 g/mol. The van der Waals surface area contributed by atoms with Gasteiger partial charge in [0.05, 0.1) is 12.3 Å². The van der Waals surface area contributed by atoms with Gasteiger partial charge in [-0.25, -0.2) is 5.01 Å². The molecule has 0 saturated heterocycles. The Morgan fingerprint density at radius 1 is 1.14 bits per heavy atom. The molecule has 3 rings (SSSR count). The molecule has 0 saturated carbocycles. The number of nitrogens with zero attached hydrogens (tertiary/aromatic N) is 2. The number of halogens is 1. The zero-order chi connectivity index (χ0) is 14.8. The molecule has 3 nitrogen and oxygen atoms in total. The zero-order valence-corrected chi connectivity index (χ0v) is 12.4. The van der Waals surface area contributed by atoms with Crippen LogP contribution in [0.3, 0.4) is 0 Å². The van der Waals surface area contributed by atoms with Crippen molar-refractivity contribution in [2.45, 2.75) is 12.8 Å². The molecule has 2 aromatic carbocycles. The highest BCUT2D eigenvalue weighted by atomic mass is 35.5. The Bertz CT molecular complexity index is 680. The molecule has 0 bridgehead atoms. The fourth-order valence-electron chi connectivity index (χ4n) is 2.53. The summed E-state index contributed by atoms with van der Waals surface area (Å²) in [6.45, 7) is 2.12. The predicted octanol–water partition coefficient (Wildman–Crippen LogP) is 3.69. The SMILES string of the molecule is CC(=O)N1C[C@@H](c2ccccc2)C(c2ccc(Cl)cc2)=N1. The van der Waals surface area contributed by atoms with Crippen molar-refractivity contribution in [2.75, 3.05) is 6.54 Å². The molecule has 0 radical (unpaired) electrons. The quantitative estimate of drug-likeness (QED) is 0.832. The van der Waals surface area contributed by atoms with Crippen LogP contribution >= 0.6 is 11.6 Å². The standard InChI is InChI=1S/C17H15ClN2O/c1-12(21)20-11-16(13-5-3-2-4-6-13)17(19-20)14-7-9-15(18)10-8-14/h2-10,16H,11H2,1H3/t16-/m0/s1. The first kappa shape index (κ1) is 13.8. The first-order valence-electron chi connectivity index (χ1n) is 6.82. The number of hydrogen-bond acceptors (Lipinski definition) is 2. The lowest BCUT2D eigenvalue weighted by atomic mass is 9.91. The number of benzene rings is 2. The molecule has 1 heterocycles. The lowest BCUT2D eigenvalue weighted by Crippen LogP contribution is -2.23. The van der Waals surface area contributed by atoms with Gasteiger partial charge in [0.2, 0.25) is 5.91 Å². The molecular formula is C17H15ClN2O. The highest BCUT2D eigenvalue weighted by Crippen LogP contribution is 2.29. The van der Waals surface area contributed by atoms with Crippen LogP contribution in [0.1, 0.15) is 24.0 Å². The van der Waals surface area contributed by atoms with Crippen molar-refractivity contribution in [3.63, 3.8) is 0 Å². The van der Waals surface area contributed by atoms with Gasteiger partial charge < -0.3 is 0 Å². The normalized spacial score (nSPS) is 17.7. The fraction of sp³-hybridized carbons (Fsp3) is 0.176. The number of carbonyl (C=O) groups excluding carboxylic acids is 1. The van der Waals surface area contributed by atoms with Gasteiger partial charge in [0.15, 0.2) is 0 Å². The largest absolute Gasteiger partial charge is 0.273 e. The summed E-state index contributed by atoms with van der Waals surface area (Å²) in [5, 5.41) is 6.72. The second-order valence-electron chi connectivity index (χ2n) is 5.06. The van der Waals surface area contributed by atoms with Crippen LogP contribution in [-0.2, 0) is 4.79 Å². The topological polar surface area (TPSA) is 32.7 Å². The fourth-order valence-corrected chi connectivity index (χ4v) is 2.65. The molecule has 21 heavy (non-hydrogen) atoms. The molecule has 1 aliphatic rings. The number of carbonyl (C=O) groups is 1. The Morgan fingerprint density at radius 3 is 2.43 bits per heavy atom. The van der Waals surface area contributed by atoms with Crippen molar-refractivity contribution in [2.24, 2.45) is 5.10 Å². The number of rotatable bonds is 2. The average Bonchev–Trinajstić information content (AvgIpc) is 2.94. The van der Waals surface area contributed by atoms with Gasteiger partial charge in [-0.05, 0) is 23.3 Å². The van der Waals surface area contributed by atoms with Gasteiger partial charge in [0.1, 0.15) is 0 Å². The molecule has 0 fully saturated rings. The van der Waals surface area contributed by atoms with E-state index in [1.165, 1.54) is 11.9 Å². The molecule has 4 heteroatoms. The highest BCUT2D eigenvalue weighted by molar-refractivity contribution is 6.30. The van der Waals surface area contributed by atoms with E-state index in [4.69, 9.17) is 11.6 Å². The predicted molar refractivity (Wildman–Crippen MR) is 84.6 cm³/mol. The molecule has 0 aliphatic carbocycles. The van der Waals surface area contributed by atoms with E-state index in [2.05, 4.69) is 17.2 Å². The minimum atomic E-state index is -0.0418. The molecule has 0 aromatic heterocycles. The van der Waals surface area contributed by atoms with Crippen LogP contribution in [0.25, 0.3) is 0 Å². The van der Waals surface area contributed by atoms with Crippen LogP contribution in [-0.4, -0.2) is 23.2 Å². The minimum absolute atomic E-state index is 0.0418. The van der Waals surface area contributed by atoms with E-state index in [-0.39, 0.29) is 11.8 Å². The van der Waals surface area contributed by atoms with Gasteiger partial charge in [-0.15, -0.1) is 0 Å². The van der Waals surface area contributed by atoms with Crippen LogP contribution in [0.15, 0.2) is 59.7 Å². The second-order valence-corrected chi connectivity index (χ2v) is 5.49.